The van der Waals surface area contributed by atoms with Gasteiger partial charge in [-0.15, -0.1) is 0 Å². The maximum atomic E-state index is 3.65. The van der Waals surface area contributed by atoms with Crippen LogP contribution in [0.2, 0.25) is 0 Å². The molecule has 0 aliphatic heterocycles. The summed E-state index contributed by atoms with van der Waals surface area (Å²) in [5.74, 6) is 0. The first-order chi connectivity index (χ1) is 10.4. The summed E-state index contributed by atoms with van der Waals surface area (Å²) >= 11 is 0. The van der Waals surface area contributed by atoms with Crippen LogP contribution in [-0.4, -0.2) is 0 Å². The Morgan fingerprint density at radius 3 is 1.52 bits per heavy atom. The van der Waals surface area contributed by atoms with E-state index in [0.717, 1.165) is 0 Å². The van der Waals surface area contributed by atoms with Gasteiger partial charge < -0.3 is 0 Å². The standard InChI is InChI=1S/C21H38/c1-3-5-7-9-11-13-15-17-19-21-20-18-16-14-12-10-8-6-4-2/h3,5,7,9,11H,1,4,6,8,10,12-21H2,2H3. The monoisotopic (exact) mass is 290 g/mol. The lowest BCUT2D eigenvalue weighted by Crippen LogP contribution is -1.82. The molecule has 0 bridgehead atoms. The van der Waals surface area contributed by atoms with E-state index in [1.54, 1.807) is 0 Å². The van der Waals surface area contributed by atoms with E-state index < -0.39 is 0 Å². The quantitative estimate of drug-likeness (QED) is 0.201. The highest BCUT2D eigenvalue weighted by atomic mass is 14.0. The molecule has 122 valence electrons. The van der Waals surface area contributed by atoms with E-state index >= 15 is 0 Å². The SMILES string of the molecule is C=CC=CC=CCCCCCCCCCCCCCCC. The first kappa shape index (κ1) is 20.2. The van der Waals surface area contributed by atoms with E-state index in [2.05, 4.69) is 31.7 Å². The summed E-state index contributed by atoms with van der Waals surface area (Å²) in [7, 11) is 0. The lowest BCUT2D eigenvalue weighted by molar-refractivity contribution is 0.540. The highest BCUT2D eigenvalue weighted by Crippen LogP contribution is 2.12. The van der Waals surface area contributed by atoms with Gasteiger partial charge in [-0.25, -0.2) is 0 Å². The van der Waals surface area contributed by atoms with Gasteiger partial charge in [-0.05, 0) is 12.8 Å². The molecule has 21 heavy (non-hydrogen) atoms. The molecular formula is C21H38. The minimum Gasteiger partial charge on any atom is -0.0991 e. The molecule has 0 saturated heterocycles. The third-order valence-electron chi connectivity index (χ3n) is 3.97. The second kappa shape index (κ2) is 19.2. The van der Waals surface area contributed by atoms with Crippen molar-refractivity contribution in [1.82, 2.24) is 0 Å². The topological polar surface area (TPSA) is 0 Å². The fraction of sp³-hybridized carbons (Fsp3) is 0.714. The Morgan fingerprint density at radius 1 is 0.571 bits per heavy atom. The summed E-state index contributed by atoms with van der Waals surface area (Å²) in [5, 5.41) is 0. The highest BCUT2D eigenvalue weighted by molar-refractivity contribution is 5.08. The van der Waals surface area contributed by atoms with Crippen LogP contribution in [0.1, 0.15) is 96.8 Å². The minimum absolute atomic E-state index is 1.22. The van der Waals surface area contributed by atoms with Crippen molar-refractivity contribution in [2.24, 2.45) is 0 Å². The summed E-state index contributed by atoms with van der Waals surface area (Å²) in [6.07, 6.45) is 30.1. The Kier molecular flexibility index (Phi) is 18.5. The second-order valence-corrected chi connectivity index (χ2v) is 6.08. The molecule has 0 unspecified atom stereocenters. The normalized spacial score (nSPS) is 11.7. The first-order valence-corrected chi connectivity index (χ1v) is 9.36. The minimum atomic E-state index is 1.22. The summed E-state index contributed by atoms with van der Waals surface area (Å²) in [6, 6.07) is 0. The molecule has 0 heterocycles. The molecule has 0 aromatic carbocycles. The molecule has 0 aromatic rings. The Labute approximate surface area is 134 Å². The zero-order chi connectivity index (χ0) is 15.4. The third kappa shape index (κ3) is 19.2. The number of hydrogen-bond donors (Lipinski definition) is 0. The summed E-state index contributed by atoms with van der Waals surface area (Å²) in [4.78, 5) is 0. The Morgan fingerprint density at radius 2 is 1.05 bits per heavy atom. The molecule has 0 saturated carbocycles. The van der Waals surface area contributed by atoms with Crippen molar-refractivity contribution in [2.45, 2.75) is 96.8 Å². The van der Waals surface area contributed by atoms with Gasteiger partial charge in [0.05, 0.1) is 0 Å². The van der Waals surface area contributed by atoms with Crippen LogP contribution in [0, 0.1) is 0 Å². The molecule has 0 rings (SSSR count). The predicted octanol–water partition coefficient (Wildman–Crippen LogP) is 7.77. The first-order valence-electron chi connectivity index (χ1n) is 9.36. The second-order valence-electron chi connectivity index (χ2n) is 6.08. The van der Waals surface area contributed by atoms with Crippen molar-refractivity contribution in [2.75, 3.05) is 0 Å². The van der Waals surface area contributed by atoms with E-state index in [1.165, 1.54) is 89.9 Å². The molecule has 0 amide bonds. The summed E-state index contributed by atoms with van der Waals surface area (Å²) in [5.41, 5.74) is 0. The zero-order valence-electron chi connectivity index (χ0n) is 14.5. The maximum Gasteiger partial charge on any atom is -0.0348 e. The number of allylic oxidation sites excluding steroid dienone is 5. The Balaban J connectivity index is 3.04. The number of rotatable bonds is 16. The third-order valence-corrected chi connectivity index (χ3v) is 3.97. The Bertz CT molecular complexity index is 247. The average Bonchev–Trinajstić information content (AvgIpc) is 2.50. The molecule has 0 spiro atoms. The average molecular weight is 291 g/mol. The van der Waals surface area contributed by atoms with Gasteiger partial charge in [-0.2, -0.15) is 0 Å². The van der Waals surface area contributed by atoms with E-state index in [0.29, 0.717) is 0 Å². The van der Waals surface area contributed by atoms with Crippen molar-refractivity contribution >= 4 is 0 Å². The lowest BCUT2D eigenvalue weighted by atomic mass is 10.0. The van der Waals surface area contributed by atoms with Crippen molar-refractivity contribution in [3.63, 3.8) is 0 Å². The number of hydrogen-bond acceptors (Lipinski definition) is 0. The smallest absolute Gasteiger partial charge is 0.0348 e. The van der Waals surface area contributed by atoms with E-state index in [1.807, 2.05) is 12.2 Å². The molecule has 0 N–H and O–H groups in total. The molecule has 0 fully saturated rings. The molecule has 0 aliphatic rings. The molecular weight excluding hydrogens is 252 g/mol. The molecule has 0 nitrogen and oxygen atoms in total. The molecule has 0 aromatic heterocycles. The van der Waals surface area contributed by atoms with Gasteiger partial charge in [0.25, 0.3) is 0 Å². The van der Waals surface area contributed by atoms with Crippen molar-refractivity contribution < 1.29 is 0 Å². The van der Waals surface area contributed by atoms with Crippen molar-refractivity contribution in [3.05, 3.63) is 37.0 Å². The van der Waals surface area contributed by atoms with Gasteiger partial charge in [-0.3, -0.25) is 0 Å². The van der Waals surface area contributed by atoms with Gasteiger partial charge in [-0.1, -0.05) is 121 Å². The van der Waals surface area contributed by atoms with Crippen LogP contribution in [0.15, 0.2) is 37.0 Å². The Hall–Kier alpha value is -0.780. The largest absolute Gasteiger partial charge is 0.0991 e. The van der Waals surface area contributed by atoms with Crippen LogP contribution >= 0.6 is 0 Å². The molecule has 0 radical (unpaired) electrons. The van der Waals surface area contributed by atoms with Crippen LogP contribution in [0.25, 0.3) is 0 Å². The van der Waals surface area contributed by atoms with Gasteiger partial charge in [0, 0.05) is 0 Å². The van der Waals surface area contributed by atoms with Crippen molar-refractivity contribution in [1.29, 1.82) is 0 Å². The summed E-state index contributed by atoms with van der Waals surface area (Å²) < 4.78 is 0. The zero-order valence-corrected chi connectivity index (χ0v) is 14.5. The van der Waals surface area contributed by atoms with Crippen LogP contribution in [0.3, 0.4) is 0 Å². The molecule has 0 heteroatoms. The maximum absolute atomic E-state index is 3.65. The fourth-order valence-corrected chi connectivity index (χ4v) is 2.60. The van der Waals surface area contributed by atoms with E-state index in [-0.39, 0.29) is 0 Å². The van der Waals surface area contributed by atoms with E-state index in [4.69, 9.17) is 0 Å². The molecule has 0 aliphatic carbocycles. The van der Waals surface area contributed by atoms with Crippen molar-refractivity contribution in [3.8, 4) is 0 Å². The van der Waals surface area contributed by atoms with Crippen LogP contribution in [-0.2, 0) is 0 Å². The van der Waals surface area contributed by atoms with Gasteiger partial charge in [0.2, 0.25) is 0 Å². The molecule has 0 atom stereocenters. The highest BCUT2D eigenvalue weighted by Gasteiger charge is 1.93. The van der Waals surface area contributed by atoms with Crippen LogP contribution in [0.5, 0.6) is 0 Å². The predicted molar refractivity (Wildman–Crippen MR) is 98.8 cm³/mol. The number of unbranched alkanes of at least 4 members (excludes halogenated alkanes) is 13. The van der Waals surface area contributed by atoms with E-state index in [9.17, 15) is 0 Å². The van der Waals surface area contributed by atoms with Crippen LogP contribution in [0.4, 0.5) is 0 Å². The van der Waals surface area contributed by atoms with Crippen LogP contribution < -0.4 is 0 Å². The summed E-state index contributed by atoms with van der Waals surface area (Å²) in [6.45, 7) is 5.94. The fourth-order valence-electron chi connectivity index (χ4n) is 2.60. The van der Waals surface area contributed by atoms with Gasteiger partial charge in [0.1, 0.15) is 0 Å². The van der Waals surface area contributed by atoms with Gasteiger partial charge in [0.15, 0.2) is 0 Å². The lowest BCUT2D eigenvalue weighted by Gasteiger charge is -2.02. The van der Waals surface area contributed by atoms with Gasteiger partial charge >= 0.3 is 0 Å².